The Bertz CT molecular complexity index is 299. The first kappa shape index (κ1) is 9.61. The van der Waals surface area contributed by atoms with Crippen LogP contribution in [0.5, 0.6) is 0 Å². The summed E-state index contributed by atoms with van der Waals surface area (Å²) in [4.78, 5) is 2.22. The van der Waals surface area contributed by atoms with E-state index in [-0.39, 0.29) is 6.10 Å². The van der Waals surface area contributed by atoms with Crippen LogP contribution >= 0.6 is 0 Å². The van der Waals surface area contributed by atoms with Crippen molar-refractivity contribution in [3.8, 4) is 0 Å². The van der Waals surface area contributed by atoms with Crippen molar-refractivity contribution >= 4 is 0 Å². The van der Waals surface area contributed by atoms with Crippen molar-refractivity contribution in [2.45, 2.75) is 25.5 Å². The van der Waals surface area contributed by atoms with Crippen molar-refractivity contribution in [2.24, 2.45) is 7.05 Å². The third kappa shape index (κ3) is 2.30. The fraction of sp³-hybridized carbons (Fsp3) is 0.778. The van der Waals surface area contributed by atoms with Crippen LogP contribution < -0.4 is 0 Å². The summed E-state index contributed by atoms with van der Waals surface area (Å²) in [6.45, 7) is 2.61. The molecule has 0 bridgehead atoms. The van der Waals surface area contributed by atoms with E-state index in [0.717, 1.165) is 38.2 Å². The zero-order valence-electron chi connectivity index (χ0n) is 8.43. The second-order valence-electron chi connectivity index (χ2n) is 3.91. The summed E-state index contributed by atoms with van der Waals surface area (Å²) in [5.41, 5.74) is 0.974. The topological polar surface area (TPSA) is 54.2 Å². The van der Waals surface area contributed by atoms with Crippen LogP contribution in [0, 0.1) is 0 Å². The number of β-amino-alcohol motifs (C(OH)–C–C–N with tert-alkyl or cyclic N) is 1. The molecular weight excluding hydrogens is 180 g/mol. The van der Waals surface area contributed by atoms with Gasteiger partial charge in [0.15, 0.2) is 0 Å². The maximum Gasteiger partial charge on any atom is 0.0967 e. The number of nitrogens with zero attached hydrogens (tertiary/aromatic N) is 4. The predicted molar refractivity (Wildman–Crippen MR) is 51.5 cm³/mol. The Morgan fingerprint density at radius 2 is 2.50 bits per heavy atom. The van der Waals surface area contributed by atoms with Crippen molar-refractivity contribution in [1.29, 1.82) is 0 Å². The third-order valence-corrected chi connectivity index (χ3v) is 2.52. The Kier molecular flexibility index (Phi) is 2.79. The van der Waals surface area contributed by atoms with Gasteiger partial charge >= 0.3 is 0 Å². The summed E-state index contributed by atoms with van der Waals surface area (Å²) < 4.78 is 1.70. The standard InChI is InChI=1S/C9H16N4O/c1-12-5-8(10-11-12)6-13-4-2-3-9(14)7-13/h5,9,14H,2-4,6-7H2,1H3. The van der Waals surface area contributed by atoms with Gasteiger partial charge in [0.25, 0.3) is 0 Å². The Hall–Kier alpha value is -0.940. The zero-order valence-corrected chi connectivity index (χ0v) is 8.43. The average molecular weight is 196 g/mol. The Morgan fingerprint density at radius 1 is 1.64 bits per heavy atom. The van der Waals surface area contributed by atoms with E-state index in [4.69, 9.17) is 0 Å². The molecule has 0 spiro atoms. The highest BCUT2D eigenvalue weighted by molar-refractivity contribution is 4.92. The molecular formula is C9H16N4O. The first-order valence-corrected chi connectivity index (χ1v) is 4.99. The Labute approximate surface area is 83.3 Å². The lowest BCUT2D eigenvalue weighted by molar-refractivity contribution is 0.0662. The summed E-state index contributed by atoms with van der Waals surface area (Å²) in [6, 6.07) is 0. The van der Waals surface area contributed by atoms with Crippen LogP contribution in [0.1, 0.15) is 18.5 Å². The van der Waals surface area contributed by atoms with E-state index in [1.54, 1.807) is 4.68 Å². The molecule has 1 aliphatic heterocycles. The largest absolute Gasteiger partial charge is 0.392 e. The van der Waals surface area contributed by atoms with Gasteiger partial charge in [-0.15, -0.1) is 5.10 Å². The maximum atomic E-state index is 9.48. The smallest absolute Gasteiger partial charge is 0.0967 e. The lowest BCUT2D eigenvalue weighted by Gasteiger charge is -2.28. The van der Waals surface area contributed by atoms with Gasteiger partial charge in [0.05, 0.1) is 11.8 Å². The zero-order chi connectivity index (χ0) is 9.97. The number of aliphatic hydroxyl groups excluding tert-OH is 1. The van der Waals surface area contributed by atoms with Gasteiger partial charge in [0.1, 0.15) is 0 Å². The highest BCUT2D eigenvalue weighted by atomic mass is 16.3. The predicted octanol–water partition coefficient (Wildman–Crippen LogP) is -0.228. The van der Waals surface area contributed by atoms with Crippen LogP contribution in [-0.2, 0) is 13.6 Å². The van der Waals surface area contributed by atoms with Gasteiger partial charge in [-0.3, -0.25) is 9.58 Å². The molecule has 1 aromatic rings. The summed E-state index contributed by atoms with van der Waals surface area (Å²) in [7, 11) is 1.86. The summed E-state index contributed by atoms with van der Waals surface area (Å²) in [5.74, 6) is 0. The first-order chi connectivity index (χ1) is 6.74. The van der Waals surface area contributed by atoms with E-state index >= 15 is 0 Å². The van der Waals surface area contributed by atoms with Crippen molar-refractivity contribution in [3.63, 3.8) is 0 Å². The van der Waals surface area contributed by atoms with Gasteiger partial charge in [-0.1, -0.05) is 5.21 Å². The van der Waals surface area contributed by atoms with Crippen molar-refractivity contribution in [1.82, 2.24) is 19.9 Å². The molecule has 5 nitrogen and oxygen atoms in total. The summed E-state index contributed by atoms with van der Waals surface area (Å²) in [5, 5.41) is 17.4. The number of rotatable bonds is 2. The van der Waals surface area contributed by atoms with Crippen molar-refractivity contribution < 1.29 is 5.11 Å². The second-order valence-corrected chi connectivity index (χ2v) is 3.91. The summed E-state index contributed by atoms with van der Waals surface area (Å²) in [6.07, 6.45) is 3.75. The molecule has 1 unspecified atom stereocenters. The van der Waals surface area contributed by atoms with Crippen molar-refractivity contribution in [3.05, 3.63) is 11.9 Å². The molecule has 0 radical (unpaired) electrons. The minimum atomic E-state index is -0.166. The number of piperidine rings is 1. The van der Waals surface area contributed by atoms with Gasteiger partial charge in [-0.05, 0) is 19.4 Å². The highest BCUT2D eigenvalue weighted by Crippen LogP contribution is 2.11. The van der Waals surface area contributed by atoms with Crippen LogP contribution in [0.15, 0.2) is 6.20 Å². The normalized spacial score (nSPS) is 24.0. The third-order valence-electron chi connectivity index (χ3n) is 2.52. The van der Waals surface area contributed by atoms with E-state index in [0.29, 0.717) is 0 Å². The lowest BCUT2D eigenvalue weighted by atomic mass is 10.1. The summed E-state index contributed by atoms with van der Waals surface area (Å²) >= 11 is 0. The molecule has 5 heteroatoms. The van der Waals surface area contributed by atoms with Gasteiger partial charge in [0, 0.05) is 26.3 Å². The van der Waals surface area contributed by atoms with Crippen LogP contribution in [-0.4, -0.2) is 44.2 Å². The Balaban J connectivity index is 1.90. The lowest BCUT2D eigenvalue weighted by Crippen LogP contribution is -2.37. The fourth-order valence-electron chi connectivity index (χ4n) is 1.87. The highest BCUT2D eigenvalue weighted by Gasteiger charge is 2.18. The molecule has 1 aromatic heterocycles. The molecule has 2 heterocycles. The fourth-order valence-corrected chi connectivity index (χ4v) is 1.87. The molecule has 0 aliphatic carbocycles. The van der Waals surface area contributed by atoms with Crippen LogP contribution in [0.25, 0.3) is 0 Å². The van der Waals surface area contributed by atoms with E-state index in [9.17, 15) is 5.11 Å². The molecule has 78 valence electrons. The maximum absolute atomic E-state index is 9.48. The SMILES string of the molecule is Cn1cc(CN2CCCC(O)C2)nn1. The van der Waals surface area contributed by atoms with Crippen LogP contribution in [0.4, 0.5) is 0 Å². The molecule has 2 rings (SSSR count). The number of aliphatic hydroxyl groups is 1. The van der Waals surface area contributed by atoms with E-state index < -0.39 is 0 Å². The molecule has 1 saturated heterocycles. The van der Waals surface area contributed by atoms with Crippen LogP contribution in [0.3, 0.4) is 0 Å². The van der Waals surface area contributed by atoms with Crippen LogP contribution in [0.2, 0.25) is 0 Å². The monoisotopic (exact) mass is 196 g/mol. The minimum absolute atomic E-state index is 0.166. The molecule has 0 saturated carbocycles. The van der Waals surface area contributed by atoms with E-state index in [2.05, 4.69) is 15.2 Å². The number of hydrogen-bond donors (Lipinski definition) is 1. The number of likely N-dealkylation sites (tertiary alicyclic amines) is 1. The second kappa shape index (κ2) is 4.06. The number of aromatic nitrogens is 3. The first-order valence-electron chi connectivity index (χ1n) is 4.99. The number of aryl methyl sites for hydroxylation is 1. The van der Waals surface area contributed by atoms with Gasteiger partial charge in [0.2, 0.25) is 0 Å². The molecule has 0 amide bonds. The van der Waals surface area contributed by atoms with Gasteiger partial charge < -0.3 is 5.11 Å². The Morgan fingerprint density at radius 3 is 3.14 bits per heavy atom. The molecule has 0 aromatic carbocycles. The molecule has 14 heavy (non-hydrogen) atoms. The molecule has 1 N–H and O–H groups in total. The molecule has 1 fully saturated rings. The number of hydrogen-bond acceptors (Lipinski definition) is 4. The van der Waals surface area contributed by atoms with Crippen molar-refractivity contribution in [2.75, 3.05) is 13.1 Å². The molecule has 1 aliphatic rings. The van der Waals surface area contributed by atoms with E-state index in [1.807, 2.05) is 13.2 Å². The van der Waals surface area contributed by atoms with E-state index in [1.165, 1.54) is 0 Å². The van der Waals surface area contributed by atoms with Gasteiger partial charge in [-0.25, -0.2) is 0 Å². The minimum Gasteiger partial charge on any atom is -0.392 e. The quantitative estimate of drug-likeness (QED) is 0.710. The molecule has 1 atom stereocenters. The van der Waals surface area contributed by atoms with Gasteiger partial charge in [-0.2, -0.15) is 0 Å². The average Bonchev–Trinajstić information content (AvgIpc) is 2.51.